The van der Waals surface area contributed by atoms with Crippen molar-refractivity contribution in [3.8, 4) is 0 Å². The molecule has 24 heavy (non-hydrogen) atoms. The van der Waals surface area contributed by atoms with E-state index in [1.807, 2.05) is 0 Å². The topological polar surface area (TPSA) is 52.0 Å². The summed E-state index contributed by atoms with van der Waals surface area (Å²) in [5.41, 5.74) is 16.8. The van der Waals surface area contributed by atoms with Crippen LogP contribution in [-0.2, 0) is 23.9 Å². The van der Waals surface area contributed by atoms with Crippen LogP contribution in [-0.4, -0.2) is 0 Å². The van der Waals surface area contributed by atoms with Gasteiger partial charge in [0.25, 0.3) is 0 Å². The molecule has 2 aromatic carbocycles. The van der Waals surface area contributed by atoms with Crippen molar-refractivity contribution in [2.45, 2.75) is 64.5 Å². The second kappa shape index (κ2) is 7.50. The van der Waals surface area contributed by atoms with E-state index in [-0.39, 0.29) is 10.8 Å². The van der Waals surface area contributed by atoms with Crippen LogP contribution in [0, 0.1) is 0 Å². The molecule has 0 bridgehead atoms. The predicted molar refractivity (Wildman–Crippen MR) is 104 cm³/mol. The minimum atomic E-state index is 0.0547. The average Bonchev–Trinajstić information content (AvgIpc) is 2.66. The van der Waals surface area contributed by atoms with Gasteiger partial charge < -0.3 is 11.5 Å². The van der Waals surface area contributed by atoms with Crippen molar-refractivity contribution in [1.82, 2.24) is 0 Å². The van der Waals surface area contributed by atoms with Crippen LogP contribution in [0.5, 0.6) is 0 Å². The molecule has 0 fully saturated rings. The molecular formula is C22H32N2. The predicted octanol–water partition coefficient (Wildman–Crippen LogP) is 4.64. The van der Waals surface area contributed by atoms with Crippen LogP contribution >= 0.6 is 0 Å². The van der Waals surface area contributed by atoms with Gasteiger partial charge in [-0.05, 0) is 35.1 Å². The van der Waals surface area contributed by atoms with Crippen LogP contribution in [0.1, 0.15) is 62.8 Å². The second-order valence-electron chi connectivity index (χ2n) is 7.17. The van der Waals surface area contributed by atoms with Crippen LogP contribution in [0.2, 0.25) is 0 Å². The van der Waals surface area contributed by atoms with Gasteiger partial charge in [0.1, 0.15) is 0 Å². The smallest absolute Gasteiger partial charge is 0.0178 e. The lowest BCUT2D eigenvalue weighted by molar-refractivity contribution is 0.234. The Labute approximate surface area is 147 Å². The molecule has 0 spiro atoms. The van der Waals surface area contributed by atoms with Gasteiger partial charge in [0.15, 0.2) is 0 Å². The summed E-state index contributed by atoms with van der Waals surface area (Å²) in [5, 5.41) is 0. The lowest BCUT2D eigenvalue weighted by atomic mass is 9.56. The van der Waals surface area contributed by atoms with E-state index >= 15 is 0 Å². The van der Waals surface area contributed by atoms with Gasteiger partial charge in [-0.25, -0.2) is 0 Å². The first kappa shape index (κ1) is 18.7. The Hall–Kier alpha value is -1.64. The van der Waals surface area contributed by atoms with Crippen LogP contribution < -0.4 is 11.5 Å². The molecule has 0 aromatic heterocycles. The van der Waals surface area contributed by atoms with Crippen molar-refractivity contribution < 1.29 is 0 Å². The van der Waals surface area contributed by atoms with Crippen LogP contribution in [0.25, 0.3) is 0 Å². The minimum absolute atomic E-state index is 0.0547. The second-order valence-corrected chi connectivity index (χ2v) is 7.17. The highest BCUT2D eigenvalue weighted by Gasteiger charge is 2.44. The molecule has 2 atom stereocenters. The summed E-state index contributed by atoms with van der Waals surface area (Å²) in [5.74, 6) is 0. The Morgan fingerprint density at radius 3 is 1.12 bits per heavy atom. The largest absolute Gasteiger partial charge is 0.326 e. The lowest BCUT2D eigenvalue weighted by Gasteiger charge is -2.47. The summed E-state index contributed by atoms with van der Waals surface area (Å²) in [7, 11) is 0. The van der Waals surface area contributed by atoms with E-state index in [9.17, 15) is 0 Å². The van der Waals surface area contributed by atoms with Gasteiger partial charge >= 0.3 is 0 Å². The zero-order valence-corrected chi connectivity index (χ0v) is 15.6. The average molecular weight is 325 g/mol. The van der Waals surface area contributed by atoms with Crippen LogP contribution in [0.15, 0.2) is 48.5 Å². The molecule has 0 amide bonds. The van der Waals surface area contributed by atoms with Crippen molar-refractivity contribution in [2.75, 3.05) is 0 Å². The summed E-state index contributed by atoms with van der Waals surface area (Å²) < 4.78 is 0. The highest BCUT2D eigenvalue weighted by molar-refractivity contribution is 5.39. The van der Waals surface area contributed by atoms with E-state index in [1.54, 1.807) is 0 Å². The fraction of sp³-hybridized carbons (Fsp3) is 0.455. The standard InChI is InChI=1S/C22H32N2/c1-5-21(3,19-11-7-17(15-23)8-12-19)22(4,6-2)20-13-9-18(16-24)10-14-20/h7-14H,5-6,15-16,23-24H2,1-4H3. The third-order valence-electron chi connectivity index (χ3n) is 6.29. The summed E-state index contributed by atoms with van der Waals surface area (Å²) in [4.78, 5) is 0. The molecule has 2 nitrogen and oxygen atoms in total. The van der Waals surface area contributed by atoms with Crippen molar-refractivity contribution in [3.63, 3.8) is 0 Å². The molecule has 2 heteroatoms. The van der Waals surface area contributed by atoms with Crippen LogP contribution in [0.3, 0.4) is 0 Å². The first-order chi connectivity index (χ1) is 11.4. The van der Waals surface area contributed by atoms with E-state index in [2.05, 4.69) is 76.2 Å². The fourth-order valence-corrected chi connectivity index (χ4v) is 3.84. The zero-order valence-electron chi connectivity index (χ0n) is 15.6. The minimum Gasteiger partial charge on any atom is -0.326 e. The lowest BCUT2D eigenvalue weighted by Crippen LogP contribution is -2.44. The van der Waals surface area contributed by atoms with Gasteiger partial charge in [-0.3, -0.25) is 0 Å². The Balaban J connectivity index is 2.52. The maximum atomic E-state index is 5.76. The van der Waals surface area contributed by atoms with Gasteiger partial charge in [0.05, 0.1) is 0 Å². The molecule has 0 saturated carbocycles. The van der Waals surface area contributed by atoms with Crippen molar-refractivity contribution in [1.29, 1.82) is 0 Å². The quantitative estimate of drug-likeness (QED) is 0.779. The molecule has 0 aliphatic carbocycles. The number of hydrogen-bond donors (Lipinski definition) is 2. The molecule has 0 heterocycles. The van der Waals surface area contributed by atoms with Gasteiger partial charge in [0.2, 0.25) is 0 Å². The molecule has 130 valence electrons. The Kier molecular flexibility index (Phi) is 5.84. The van der Waals surface area contributed by atoms with Gasteiger partial charge in [-0.2, -0.15) is 0 Å². The summed E-state index contributed by atoms with van der Waals surface area (Å²) >= 11 is 0. The maximum absolute atomic E-state index is 5.76. The molecule has 0 radical (unpaired) electrons. The van der Waals surface area contributed by atoms with Crippen molar-refractivity contribution in [3.05, 3.63) is 70.8 Å². The third-order valence-corrected chi connectivity index (χ3v) is 6.29. The van der Waals surface area contributed by atoms with Gasteiger partial charge in [0, 0.05) is 23.9 Å². The van der Waals surface area contributed by atoms with E-state index in [4.69, 9.17) is 11.5 Å². The Morgan fingerprint density at radius 1 is 0.625 bits per heavy atom. The van der Waals surface area contributed by atoms with Crippen molar-refractivity contribution in [2.24, 2.45) is 11.5 Å². The van der Waals surface area contributed by atoms with Crippen LogP contribution in [0.4, 0.5) is 0 Å². The van der Waals surface area contributed by atoms with Gasteiger partial charge in [-0.15, -0.1) is 0 Å². The maximum Gasteiger partial charge on any atom is 0.0178 e. The number of nitrogens with two attached hydrogens (primary N) is 2. The van der Waals surface area contributed by atoms with E-state index < -0.39 is 0 Å². The van der Waals surface area contributed by atoms with E-state index in [0.717, 1.165) is 12.8 Å². The monoisotopic (exact) mass is 324 g/mol. The Morgan fingerprint density at radius 2 is 0.917 bits per heavy atom. The highest BCUT2D eigenvalue weighted by Crippen LogP contribution is 2.48. The first-order valence-corrected chi connectivity index (χ1v) is 9.04. The molecule has 2 rings (SSSR count). The van der Waals surface area contributed by atoms with E-state index in [1.165, 1.54) is 22.3 Å². The summed E-state index contributed by atoms with van der Waals surface area (Å²) in [6.45, 7) is 10.6. The number of hydrogen-bond acceptors (Lipinski definition) is 2. The summed E-state index contributed by atoms with van der Waals surface area (Å²) in [6, 6.07) is 17.7. The van der Waals surface area contributed by atoms with E-state index in [0.29, 0.717) is 13.1 Å². The fourth-order valence-electron chi connectivity index (χ4n) is 3.84. The number of rotatable bonds is 7. The molecule has 2 unspecified atom stereocenters. The molecule has 2 aromatic rings. The molecule has 4 N–H and O–H groups in total. The van der Waals surface area contributed by atoms with Gasteiger partial charge in [-0.1, -0.05) is 76.2 Å². The highest BCUT2D eigenvalue weighted by atomic mass is 14.5. The summed E-state index contributed by atoms with van der Waals surface area (Å²) in [6.07, 6.45) is 2.16. The molecule has 0 aliphatic heterocycles. The number of benzene rings is 2. The third kappa shape index (κ3) is 3.13. The molecule has 0 saturated heterocycles. The Bertz CT molecular complexity index is 585. The SMILES string of the molecule is CCC(C)(c1ccc(CN)cc1)C(C)(CC)c1ccc(CN)cc1. The normalized spacial score (nSPS) is 16.4. The van der Waals surface area contributed by atoms with Crippen molar-refractivity contribution >= 4 is 0 Å². The first-order valence-electron chi connectivity index (χ1n) is 9.04. The molecular weight excluding hydrogens is 292 g/mol. The zero-order chi connectivity index (χ0) is 17.8. The molecule has 0 aliphatic rings.